The minimum absolute atomic E-state index is 0.471. The summed E-state index contributed by atoms with van der Waals surface area (Å²) in [4.78, 5) is 9.02. The molecule has 0 amide bonds. The Morgan fingerprint density at radius 2 is 1.84 bits per heavy atom. The van der Waals surface area contributed by atoms with E-state index in [2.05, 4.69) is 15.6 Å². The van der Waals surface area contributed by atoms with Crippen LogP contribution in [0.5, 0.6) is 0 Å². The predicted octanol–water partition coefficient (Wildman–Crippen LogP) is 5.05. The summed E-state index contributed by atoms with van der Waals surface area (Å²) < 4.78 is 30.7. The second kappa shape index (κ2) is 5.46. The SMILES string of the molecule is Fc1cc(F)cc(-c2nc3n(c2-c2ccc4ncsc4c2)CCC3)c1. The maximum absolute atomic E-state index is 13.7. The zero-order valence-electron chi connectivity index (χ0n) is 13.2. The quantitative estimate of drug-likeness (QED) is 0.505. The highest BCUT2D eigenvalue weighted by Gasteiger charge is 2.24. The van der Waals surface area contributed by atoms with Gasteiger partial charge >= 0.3 is 0 Å². The van der Waals surface area contributed by atoms with Crippen molar-refractivity contribution in [1.29, 1.82) is 0 Å². The summed E-state index contributed by atoms with van der Waals surface area (Å²) in [5.41, 5.74) is 5.80. The second-order valence-corrected chi connectivity index (χ2v) is 7.06. The standard InChI is InChI=1S/C19H13F2N3S/c20-13-6-12(7-14(21)9-13)18-19(24-5-1-2-17(24)23-18)11-3-4-15-16(8-11)25-10-22-15/h3-4,6-10H,1-2,5H2. The molecule has 124 valence electrons. The van der Waals surface area contributed by atoms with Crippen LogP contribution in [0.2, 0.25) is 0 Å². The van der Waals surface area contributed by atoms with Crippen LogP contribution in [0.25, 0.3) is 32.7 Å². The summed E-state index contributed by atoms with van der Waals surface area (Å²) in [5, 5.41) is 0. The van der Waals surface area contributed by atoms with Crippen molar-refractivity contribution < 1.29 is 8.78 Å². The first-order chi connectivity index (χ1) is 12.2. The molecule has 1 aliphatic rings. The number of benzene rings is 2. The van der Waals surface area contributed by atoms with Crippen molar-refractivity contribution in [1.82, 2.24) is 14.5 Å². The lowest BCUT2D eigenvalue weighted by Gasteiger charge is -2.09. The second-order valence-electron chi connectivity index (χ2n) is 6.17. The molecule has 5 rings (SSSR count). The Bertz CT molecular complexity index is 1090. The number of fused-ring (bicyclic) bond motifs is 2. The zero-order chi connectivity index (χ0) is 17.0. The monoisotopic (exact) mass is 353 g/mol. The van der Waals surface area contributed by atoms with E-state index in [0.717, 1.165) is 52.8 Å². The van der Waals surface area contributed by atoms with Crippen molar-refractivity contribution in [2.24, 2.45) is 0 Å². The molecule has 0 atom stereocenters. The average molecular weight is 353 g/mol. The third kappa shape index (κ3) is 2.36. The summed E-state index contributed by atoms with van der Waals surface area (Å²) in [6.45, 7) is 0.871. The van der Waals surface area contributed by atoms with Crippen LogP contribution in [0.4, 0.5) is 8.78 Å². The molecular formula is C19H13F2N3S. The Morgan fingerprint density at radius 3 is 2.68 bits per heavy atom. The topological polar surface area (TPSA) is 30.7 Å². The fourth-order valence-electron chi connectivity index (χ4n) is 3.51. The van der Waals surface area contributed by atoms with E-state index >= 15 is 0 Å². The van der Waals surface area contributed by atoms with Crippen molar-refractivity contribution >= 4 is 21.6 Å². The number of aryl methyl sites for hydroxylation is 1. The van der Waals surface area contributed by atoms with Gasteiger partial charge in [-0.3, -0.25) is 0 Å². The first-order valence-corrected chi connectivity index (χ1v) is 8.96. The van der Waals surface area contributed by atoms with E-state index in [0.29, 0.717) is 11.3 Å². The maximum atomic E-state index is 13.7. The molecule has 2 aromatic carbocycles. The molecule has 3 heterocycles. The van der Waals surface area contributed by atoms with Gasteiger partial charge in [-0.25, -0.2) is 18.7 Å². The normalized spacial score (nSPS) is 13.5. The number of thiazole rings is 1. The molecule has 3 nitrogen and oxygen atoms in total. The Kier molecular flexibility index (Phi) is 3.21. The zero-order valence-corrected chi connectivity index (χ0v) is 14.0. The van der Waals surface area contributed by atoms with Crippen molar-refractivity contribution in [2.75, 3.05) is 0 Å². The van der Waals surface area contributed by atoms with E-state index < -0.39 is 11.6 Å². The third-order valence-electron chi connectivity index (χ3n) is 4.57. The summed E-state index contributed by atoms with van der Waals surface area (Å²) in [6.07, 6.45) is 1.92. The number of hydrogen-bond acceptors (Lipinski definition) is 3. The molecule has 0 fully saturated rings. The largest absolute Gasteiger partial charge is 0.327 e. The van der Waals surface area contributed by atoms with Gasteiger partial charge in [-0.2, -0.15) is 0 Å². The predicted molar refractivity (Wildman–Crippen MR) is 94.5 cm³/mol. The molecule has 1 aliphatic heterocycles. The van der Waals surface area contributed by atoms with Gasteiger partial charge in [0.15, 0.2) is 0 Å². The lowest BCUT2D eigenvalue weighted by atomic mass is 10.0. The fraction of sp³-hybridized carbons (Fsp3) is 0.158. The molecule has 0 saturated carbocycles. The Balaban J connectivity index is 1.77. The van der Waals surface area contributed by atoms with E-state index in [1.165, 1.54) is 12.1 Å². The number of aromatic nitrogens is 3. The highest BCUT2D eigenvalue weighted by Crippen LogP contribution is 2.37. The highest BCUT2D eigenvalue weighted by molar-refractivity contribution is 7.16. The van der Waals surface area contributed by atoms with Crippen LogP contribution in [0, 0.1) is 11.6 Å². The van der Waals surface area contributed by atoms with Gasteiger partial charge in [0.2, 0.25) is 0 Å². The molecule has 0 bridgehead atoms. The summed E-state index contributed by atoms with van der Waals surface area (Å²) in [6, 6.07) is 9.63. The van der Waals surface area contributed by atoms with E-state index in [4.69, 9.17) is 4.98 Å². The Hall–Kier alpha value is -2.60. The number of nitrogens with zero attached hydrogens (tertiary/aromatic N) is 3. The van der Waals surface area contributed by atoms with Crippen LogP contribution in [-0.4, -0.2) is 14.5 Å². The average Bonchev–Trinajstić information content (AvgIpc) is 3.28. The van der Waals surface area contributed by atoms with Crippen LogP contribution in [0.1, 0.15) is 12.2 Å². The van der Waals surface area contributed by atoms with Gasteiger partial charge in [-0.1, -0.05) is 6.07 Å². The van der Waals surface area contributed by atoms with Gasteiger partial charge in [0, 0.05) is 30.2 Å². The van der Waals surface area contributed by atoms with Crippen molar-refractivity contribution in [3.05, 3.63) is 59.4 Å². The number of rotatable bonds is 2. The van der Waals surface area contributed by atoms with Crippen LogP contribution < -0.4 is 0 Å². The van der Waals surface area contributed by atoms with Crippen molar-refractivity contribution in [2.45, 2.75) is 19.4 Å². The van der Waals surface area contributed by atoms with Gasteiger partial charge in [0.05, 0.1) is 27.1 Å². The molecular weight excluding hydrogens is 340 g/mol. The molecule has 0 N–H and O–H groups in total. The number of imidazole rings is 1. The lowest BCUT2D eigenvalue weighted by Crippen LogP contribution is -1.96. The third-order valence-corrected chi connectivity index (χ3v) is 5.36. The summed E-state index contributed by atoms with van der Waals surface area (Å²) in [5.74, 6) is -0.210. The number of halogens is 2. The first-order valence-electron chi connectivity index (χ1n) is 8.08. The molecule has 0 aliphatic carbocycles. The molecule has 4 aromatic rings. The lowest BCUT2D eigenvalue weighted by molar-refractivity contribution is 0.584. The van der Waals surface area contributed by atoms with Crippen LogP contribution in [0.3, 0.4) is 0 Å². The smallest absolute Gasteiger partial charge is 0.126 e. The van der Waals surface area contributed by atoms with Gasteiger partial charge in [0.25, 0.3) is 0 Å². The molecule has 0 saturated heterocycles. The molecule has 25 heavy (non-hydrogen) atoms. The Labute approximate surface area is 146 Å². The van der Waals surface area contributed by atoms with Crippen molar-refractivity contribution in [3.63, 3.8) is 0 Å². The number of hydrogen-bond donors (Lipinski definition) is 0. The Morgan fingerprint density at radius 1 is 1.00 bits per heavy atom. The molecule has 2 aromatic heterocycles. The summed E-state index contributed by atoms with van der Waals surface area (Å²) >= 11 is 1.58. The van der Waals surface area contributed by atoms with Gasteiger partial charge in [0.1, 0.15) is 17.5 Å². The molecule has 0 unspecified atom stereocenters. The van der Waals surface area contributed by atoms with Crippen molar-refractivity contribution in [3.8, 4) is 22.5 Å². The minimum atomic E-state index is -0.591. The van der Waals surface area contributed by atoms with E-state index in [1.54, 1.807) is 11.3 Å². The molecule has 0 spiro atoms. The van der Waals surface area contributed by atoms with E-state index in [1.807, 2.05) is 17.6 Å². The minimum Gasteiger partial charge on any atom is -0.327 e. The summed E-state index contributed by atoms with van der Waals surface area (Å²) in [7, 11) is 0. The molecule has 0 radical (unpaired) electrons. The van der Waals surface area contributed by atoms with Gasteiger partial charge in [-0.05, 0) is 30.7 Å². The van der Waals surface area contributed by atoms with Gasteiger partial charge < -0.3 is 4.57 Å². The van der Waals surface area contributed by atoms with Crippen LogP contribution >= 0.6 is 11.3 Å². The first kappa shape index (κ1) is 14.7. The highest BCUT2D eigenvalue weighted by atomic mass is 32.1. The van der Waals surface area contributed by atoms with Crippen LogP contribution in [0.15, 0.2) is 41.9 Å². The molecule has 6 heteroatoms. The van der Waals surface area contributed by atoms with Crippen LogP contribution in [-0.2, 0) is 13.0 Å². The fourth-order valence-corrected chi connectivity index (χ4v) is 4.23. The maximum Gasteiger partial charge on any atom is 0.126 e. The van der Waals surface area contributed by atoms with E-state index in [-0.39, 0.29) is 0 Å². The van der Waals surface area contributed by atoms with E-state index in [9.17, 15) is 8.78 Å². The van der Waals surface area contributed by atoms with Gasteiger partial charge in [-0.15, -0.1) is 11.3 Å².